The van der Waals surface area contributed by atoms with Crippen molar-refractivity contribution in [3.63, 3.8) is 0 Å². The summed E-state index contributed by atoms with van der Waals surface area (Å²) in [6, 6.07) is 6.70. The Hall–Kier alpha value is -1.42. The zero-order valence-corrected chi connectivity index (χ0v) is 18.4. The maximum atomic E-state index is 4.50. The van der Waals surface area contributed by atoms with Gasteiger partial charge in [-0.2, -0.15) is 0 Å². The number of pyridine rings is 1. The fourth-order valence-electron chi connectivity index (χ4n) is 4.18. The van der Waals surface area contributed by atoms with Crippen LogP contribution in [0.4, 0.5) is 0 Å². The first-order valence-electron chi connectivity index (χ1n) is 9.83. The number of likely N-dealkylation sites (tertiary alicyclic amines) is 2. The highest BCUT2D eigenvalue weighted by atomic mass is 127. The Kier molecular flexibility index (Phi) is 7.28. The highest BCUT2D eigenvalue weighted by Crippen LogP contribution is 2.20. The van der Waals surface area contributed by atoms with Crippen molar-refractivity contribution in [1.82, 2.24) is 29.7 Å². The molecule has 0 bridgehead atoms. The molecule has 1 unspecified atom stereocenters. The van der Waals surface area contributed by atoms with E-state index in [2.05, 4.69) is 34.7 Å². The Morgan fingerprint density at radius 3 is 2.89 bits per heavy atom. The van der Waals surface area contributed by atoms with E-state index in [1.807, 2.05) is 31.4 Å². The van der Waals surface area contributed by atoms with Crippen molar-refractivity contribution < 1.29 is 0 Å². The Bertz CT molecular complexity index is 753. The molecule has 0 spiro atoms. The lowest BCUT2D eigenvalue weighted by molar-refractivity contribution is 0.249. The molecule has 2 saturated heterocycles. The van der Waals surface area contributed by atoms with E-state index in [4.69, 9.17) is 0 Å². The first-order chi connectivity index (χ1) is 12.8. The lowest BCUT2D eigenvalue weighted by atomic mass is 10.2. The number of hydrogen-bond donors (Lipinski definition) is 1. The second kappa shape index (κ2) is 9.68. The molecule has 1 atom stereocenters. The normalized spacial score (nSPS) is 21.0. The van der Waals surface area contributed by atoms with Gasteiger partial charge >= 0.3 is 0 Å². The van der Waals surface area contributed by atoms with Gasteiger partial charge in [0.2, 0.25) is 0 Å². The molecule has 0 saturated carbocycles. The number of rotatable bonds is 5. The van der Waals surface area contributed by atoms with Gasteiger partial charge in [-0.15, -0.1) is 34.2 Å². The predicted molar refractivity (Wildman–Crippen MR) is 119 cm³/mol. The zero-order chi connectivity index (χ0) is 17.8. The number of nitrogens with one attached hydrogen (secondary N) is 1. The first-order valence-corrected chi connectivity index (χ1v) is 9.83. The molecule has 148 valence electrons. The summed E-state index contributed by atoms with van der Waals surface area (Å²) in [5, 5.41) is 12.0. The van der Waals surface area contributed by atoms with Crippen molar-refractivity contribution in [2.45, 2.75) is 38.1 Å². The lowest BCUT2D eigenvalue weighted by Gasteiger charge is -2.25. The van der Waals surface area contributed by atoms with Crippen molar-refractivity contribution in [1.29, 1.82) is 0 Å². The molecule has 8 heteroatoms. The summed E-state index contributed by atoms with van der Waals surface area (Å²) in [7, 11) is 1.89. The van der Waals surface area contributed by atoms with E-state index < -0.39 is 0 Å². The predicted octanol–water partition coefficient (Wildman–Crippen LogP) is 2.03. The third-order valence-corrected chi connectivity index (χ3v) is 5.58. The number of fused-ring (bicyclic) bond motifs is 1. The number of aromatic nitrogens is 3. The van der Waals surface area contributed by atoms with Crippen LogP contribution < -0.4 is 5.32 Å². The second-order valence-corrected chi connectivity index (χ2v) is 7.25. The van der Waals surface area contributed by atoms with Gasteiger partial charge in [0.25, 0.3) is 0 Å². The highest BCUT2D eigenvalue weighted by molar-refractivity contribution is 14.0. The molecule has 2 aromatic rings. The molecule has 0 radical (unpaired) electrons. The van der Waals surface area contributed by atoms with Crippen molar-refractivity contribution >= 4 is 35.6 Å². The summed E-state index contributed by atoms with van der Waals surface area (Å²) in [6.07, 6.45) is 7.93. The van der Waals surface area contributed by atoms with Gasteiger partial charge in [-0.1, -0.05) is 6.07 Å². The van der Waals surface area contributed by atoms with Crippen LogP contribution in [0.25, 0.3) is 5.65 Å². The van der Waals surface area contributed by atoms with Gasteiger partial charge in [0.1, 0.15) is 5.82 Å². The summed E-state index contributed by atoms with van der Waals surface area (Å²) >= 11 is 0. The monoisotopic (exact) mass is 483 g/mol. The van der Waals surface area contributed by atoms with Crippen LogP contribution in [0.2, 0.25) is 0 Å². The van der Waals surface area contributed by atoms with Crippen LogP contribution in [-0.2, 0) is 6.42 Å². The van der Waals surface area contributed by atoms with E-state index in [9.17, 15) is 0 Å². The Labute approximate surface area is 178 Å². The van der Waals surface area contributed by atoms with Crippen molar-refractivity contribution in [2.24, 2.45) is 4.99 Å². The molecule has 0 amide bonds. The maximum Gasteiger partial charge on any atom is 0.193 e. The maximum absolute atomic E-state index is 4.50. The minimum absolute atomic E-state index is 0. The average Bonchev–Trinajstić information content (AvgIpc) is 3.42. The molecule has 4 rings (SSSR count). The molecule has 2 aliphatic heterocycles. The zero-order valence-electron chi connectivity index (χ0n) is 16.0. The van der Waals surface area contributed by atoms with Gasteiger partial charge in [-0.3, -0.25) is 14.3 Å². The van der Waals surface area contributed by atoms with Crippen LogP contribution in [0.5, 0.6) is 0 Å². The van der Waals surface area contributed by atoms with Crippen molar-refractivity contribution in [2.75, 3.05) is 39.8 Å². The summed E-state index contributed by atoms with van der Waals surface area (Å²) in [5.41, 5.74) is 0.913. The third-order valence-electron chi connectivity index (χ3n) is 5.58. The molecule has 2 aromatic heterocycles. The van der Waals surface area contributed by atoms with Crippen LogP contribution in [-0.4, -0.2) is 76.2 Å². The smallest absolute Gasteiger partial charge is 0.193 e. The molecule has 2 aliphatic rings. The van der Waals surface area contributed by atoms with E-state index in [0.29, 0.717) is 6.04 Å². The van der Waals surface area contributed by atoms with Crippen LogP contribution in [0.3, 0.4) is 0 Å². The summed E-state index contributed by atoms with van der Waals surface area (Å²) in [5.74, 6) is 2.06. The number of guanidine groups is 1. The fraction of sp³-hybridized carbons (Fsp3) is 0.632. The number of aliphatic imine (C=N–C) groups is 1. The first kappa shape index (κ1) is 20.3. The van der Waals surface area contributed by atoms with Gasteiger partial charge in [0.15, 0.2) is 11.6 Å². The Morgan fingerprint density at radius 1 is 1.22 bits per heavy atom. The van der Waals surface area contributed by atoms with Gasteiger partial charge < -0.3 is 10.2 Å². The van der Waals surface area contributed by atoms with Crippen LogP contribution in [0.1, 0.15) is 31.5 Å². The standard InChI is InChI=1S/C19H29N7.HI/c1-20-19(25-14-9-16(15-25)24-11-4-5-12-24)21-10-6-8-18-23-22-17-7-2-3-13-26(17)18;/h2-3,7,13,16H,4-6,8-12,14-15H2,1H3,(H,20,21);1H. The van der Waals surface area contributed by atoms with E-state index in [0.717, 1.165) is 49.9 Å². The second-order valence-electron chi connectivity index (χ2n) is 7.25. The lowest BCUT2D eigenvalue weighted by Crippen LogP contribution is -2.43. The molecule has 7 nitrogen and oxygen atoms in total. The fourth-order valence-corrected chi connectivity index (χ4v) is 4.18. The minimum atomic E-state index is 0. The molecule has 0 aromatic carbocycles. The van der Waals surface area contributed by atoms with E-state index in [-0.39, 0.29) is 24.0 Å². The van der Waals surface area contributed by atoms with Gasteiger partial charge in [-0.25, -0.2) is 0 Å². The topological polar surface area (TPSA) is 61.1 Å². The number of nitrogens with zero attached hydrogens (tertiary/aromatic N) is 6. The molecule has 0 aliphatic carbocycles. The molecular formula is C19H30IN7. The molecule has 4 heterocycles. The Balaban J connectivity index is 0.00000210. The molecule has 27 heavy (non-hydrogen) atoms. The van der Waals surface area contributed by atoms with Gasteiger partial charge in [-0.05, 0) is 50.9 Å². The van der Waals surface area contributed by atoms with Crippen molar-refractivity contribution in [3.05, 3.63) is 30.2 Å². The SMILES string of the molecule is CN=C(NCCCc1nnc2ccccn12)N1CCC(N2CCCC2)C1.I. The summed E-state index contributed by atoms with van der Waals surface area (Å²) in [6.45, 7) is 5.66. The van der Waals surface area contributed by atoms with Crippen LogP contribution in [0.15, 0.2) is 29.4 Å². The molecule has 2 fully saturated rings. The Morgan fingerprint density at radius 2 is 2.07 bits per heavy atom. The average molecular weight is 483 g/mol. The van der Waals surface area contributed by atoms with Gasteiger partial charge in [0, 0.05) is 45.3 Å². The summed E-state index contributed by atoms with van der Waals surface area (Å²) < 4.78 is 2.07. The van der Waals surface area contributed by atoms with E-state index in [1.165, 1.54) is 32.4 Å². The quantitative estimate of drug-likeness (QED) is 0.305. The number of aryl methyl sites for hydroxylation is 1. The number of halogens is 1. The molecular weight excluding hydrogens is 453 g/mol. The van der Waals surface area contributed by atoms with Crippen LogP contribution in [0, 0.1) is 0 Å². The van der Waals surface area contributed by atoms with Crippen molar-refractivity contribution in [3.8, 4) is 0 Å². The largest absolute Gasteiger partial charge is 0.356 e. The van der Waals surface area contributed by atoms with E-state index in [1.54, 1.807) is 0 Å². The summed E-state index contributed by atoms with van der Waals surface area (Å²) in [4.78, 5) is 9.56. The highest BCUT2D eigenvalue weighted by Gasteiger charge is 2.30. The van der Waals surface area contributed by atoms with Crippen LogP contribution >= 0.6 is 24.0 Å². The third kappa shape index (κ3) is 4.71. The van der Waals surface area contributed by atoms with Gasteiger partial charge in [0.05, 0.1) is 0 Å². The number of hydrogen-bond acceptors (Lipinski definition) is 4. The van der Waals surface area contributed by atoms with E-state index >= 15 is 0 Å². The molecule has 1 N–H and O–H groups in total. The minimum Gasteiger partial charge on any atom is -0.356 e.